The van der Waals surface area contributed by atoms with Crippen molar-refractivity contribution in [1.29, 1.82) is 0 Å². The predicted octanol–water partition coefficient (Wildman–Crippen LogP) is 4.43. The lowest BCUT2D eigenvalue weighted by Crippen LogP contribution is -2.38. The molecule has 1 aromatic carbocycles. The van der Waals surface area contributed by atoms with Crippen LogP contribution in [0.15, 0.2) is 12.1 Å². The zero-order valence-corrected chi connectivity index (χ0v) is 14.1. The van der Waals surface area contributed by atoms with E-state index in [1.54, 1.807) is 6.07 Å². The van der Waals surface area contributed by atoms with E-state index in [0.717, 1.165) is 30.8 Å². The Balaban J connectivity index is 2.31. The Bertz CT molecular complexity index is 486. The van der Waals surface area contributed by atoms with E-state index in [9.17, 15) is 4.39 Å². The number of nitrogens with zero attached hydrogens (tertiary/aromatic N) is 1. The van der Waals surface area contributed by atoms with E-state index in [1.807, 2.05) is 13.0 Å². The van der Waals surface area contributed by atoms with Crippen molar-refractivity contribution in [2.24, 2.45) is 5.41 Å². The molecule has 0 saturated carbocycles. The zero-order chi connectivity index (χ0) is 15.6. The van der Waals surface area contributed by atoms with Gasteiger partial charge in [0.1, 0.15) is 5.82 Å². The van der Waals surface area contributed by atoms with Crippen LogP contribution in [0.25, 0.3) is 0 Å². The van der Waals surface area contributed by atoms with Gasteiger partial charge in [-0.2, -0.15) is 0 Å². The molecule has 1 atom stereocenters. The van der Waals surface area contributed by atoms with Crippen molar-refractivity contribution in [3.63, 3.8) is 0 Å². The second-order valence-electron chi connectivity index (χ2n) is 7.09. The highest BCUT2D eigenvalue weighted by molar-refractivity contribution is 5.57. The molecule has 3 heteroatoms. The Morgan fingerprint density at radius 3 is 2.48 bits per heavy atom. The minimum absolute atomic E-state index is 0.101. The standard InChI is InChI=1S/C18H29FN2/c1-6-20-14(3)15-12-16(19)13(2)11-17(15)21-9-7-18(4,5)8-10-21/h11-12,14,20H,6-10H2,1-5H3. The molecule has 0 radical (unpaired) electrons. The molecule has 1 heterocycles. The van der Waals surface area contributed by atoms with Gasteiger partial charge in [0.15, 0.2) is 0 Å². The quantitative estimate of drug-likeness (QED) is 0.883. The maximum absolute atomic E-state index is 14.0. The van der Waals surface area contributed by atoms with Crippen LogP contribution in [-0.2, 0) is 0 Å². The minimum atomic E-state index is -0.101. The fourth-order valence-electron chi connectivity index (χ4n) is 3.07. The summed E-state index contributed by atoms with van der Waals surface area (Å²) in [4.78, 5) is 2.43. The molecule has 2 nitrogen and oxygen atoms in total. The lowest BCUT2D eigenvalue weighted by molar-refractivity contribution is 0.279. The first kappa shape index (κ1) is 16.3. The number of benzene rings is 1. The normalized spacial score (nSPS) is 19.6. The topological polar surface area (TPSA) is 15.3 Å². The van der Waals surface area contributed by atoms with Gasteiger partial charge < -0.3 is 10.2 Å². The van der Waals surface area contributed by atoms with Crippen LogP contribution in [-0.4, -0.2) is 19.6 Å². The molecule has 1 fully saturated rings. The van der Waals surface area contributed by atoms with Gasteiger partial charge in [-0.15, -0.1) is 0 Å². The Morgan fingerprint density at radius 2 is 1.90 bits per heavy atom. The van der Waals surface area contributed by atoms with Crippen molar-refractivity contribution in [3.05, 3.63) is 29.1 Å². The molecule has 1 saturated heterocycles. The minimum Gasteiger partial charge on any atom is -0.371 e. The summed E-state index contributed by atoms with van der Waals surface area (Å²) in [5.41, 5.74) is 3.46. The number of hydrogen-bond donors (Lipinski definition) is 1. The molecule has 1 aliphatic heterocycles. The number of halogens is 1. The first-order valence-electron chi connectivity index (χ1n) is 8.12. The molecular weight excluding hydrogens is 263 g/mol. The molecule has 0 bridgehead atoms. The summed E-state index contributed by atoms with van der Waals surface area (Å²) in [5, 5.41) is 3.41. The van der Waals surface area contributed by atoms with Crippen LogP contribution in [0.5, 0.6) is 0 Å². The van der Waals surface area contributed by atoms with Crippen molar-refractivity contribution in [1.82, 2.24) is 5.32 Å². The van der Waals surface area contributed by atoms with E-state index < -0.39 is 0 Å². The lowest BCUT2D eigenvalue weighted by Gasteiger charge is -2.39. The summed E-state index contributed by atoms with van der Waals surface area (Å²) in [6.07, 6.45) is 2.39. The number of piperidine rings is 1. The van der Waals surface area contributed by atoms with E-state index in [2.05, 4.69) is 37.9 Å². The average molecular weight is 292 g/mol. The largest absolute Gasteiger partial charge is 0.371 e. The van der Waals surface area contributed by atoms with E-state index in [4.69, 9.17) is 0 Å². The van der Waals surface area contributed by atoms with Gasteiger partial charge in [0.2, 0.25) is 0 Å². The summed E-state index contributed by atoms with van der Waals surface area (Å²) >= 11 is 0. The van der Waals surface area contributed by atoms with Crippen LogP contribution in [0.2, 0.25) is 0 Å². The van der Waals surface area contributed by atoms with Crippen LogP contribution < -0.4 is 10.2 Å². The first-order valence-corrected chi connectivity index (χ1v) is 8.12. The molecule has 1 aromatic rings. The molecule has 0 aliphatic carbocycles. The van der Waals surface area contributed by atoms with Crippen molar-refractivity contribution in [2.75, 3.05) is 24.5 Å². The number of aryl methyl sites for hydroxylation is 1. The molecule has 1 N–H and O–H groups in total. The maximum Gasteiger partial charge on any atom is 0.126 e. The van der Waals surface area contributed by atoms with Crippen LogP contribution in [0.3, 0.4) is 0 Å². The van der Waals surface area contributed by atoms with Gasteiger partial charge in [0, 0.05) is 24.8 Å². The molecular formula is C18H29FN2. The van der Waals surface area contributed by atoms with Gasteiger partial charge in [-0.05, 0) is 61.9 Å². The highest BCUT2D eigenvalue weighted by Gasteiger charge is 2.27. The Hall–Kier alpha value is -1.09. The third kappa shape index (κ3) is 3.76. The Kier molecular flexibility index (Phi) is 4.92. The van der Waals surface area contributed by atoms with Gasteiger partial charge in [-0.1, -0.05) is 20.8 Å². The molecule has 1 aliphatic rings. The third-order valence-corrected chi connectivity index (χ3v) is 4.74. The average Bonchev–Trinajstić information content (AvgIpc) is 2.42. The van der Waals surface area contributed by atoms with E-state index in [1.165, 1.54) is 18.5 Å². The summed E-state index contributed by atoms with van der Waals surface area (Å²) in [6, 6.07) is 3.92. The number of anilines is 1. The molecule has 21 heavy (non-hydrogen) atoms. The summed E-state index contributed by atoms with van der Waals surface area (Å²) in [7, 11) is 0. The molecule has 0 spiro atoms. The first-order chi connectivity index (χ1) is 9.84. The maximum atomic E-state index is 14.0. The fourth-order valence-corrected chi connectivity index (χ4v) is 3.07. The SMILES string of the molecule is CCNC(C)c1cc(F)c(C)cc1N1CCC(C)(C)CC1. The monoisotopic (exact) mass is 292 g/mol. The van der Waals surface area contributed by atoms with Crippen LogP contribution in [0.4, 0.5) is 10.1 Å². The molecule has 118 valence electrons. The van der Waals surface area contributed by atoms with Gasteiger partial charge >= 0.3 is 0 Å². The van der Waals surface area contributed by atoms with Gasteiger partial charge in [0.25, 0.3) is 0 Å². The number of nitrogens with one attached hydrogen (secondary N) is 1. The van der Waals surface area contributed by atoms with Crippen molar-refractivity contribution >= 4 is 5.69 Å². The summed E-state index contributed by atoms with van der Waals surface area (Å²) in [5.74, 6) is -0.101. The third-order valence-electron chi connectivity index (χ3n) is 4.74. The summed E-state index contributed by atoms with van der Waals surface area (Å²) < 4.78 is 14.0. The second-order valence-corrected chi connectivity index (χ2v) is 7.09. The van der Waals surface area contributed by atoms with Crippen LogP contribution >= 0.6 is 0 Å². The highest BCUT2D eigenvalue weighted by atomic mass is 19.1. The van der Waals surface area contributed by atoms with E-state index in [-0.39, 0.29) is 11.9 Å². The smallest absolute Gasteiger partial charge is 0.126 e. The van der Waals surface area contributed by atoms with Crippen LogP contribution in [0.1, 0.15) is 57.7 Å². The zero-order valence-electron chi connectivity index (χ0n) is 14.1. The molecule has 0 amide bonds. The van der Waals surface area contributed by atoms with Crippen molar-refractivity contribution in [2.45, 2.75) is 53.5 Å². The highest BCUT2D eigenvalue weighted by Crippen LogP contribution is 2.36. The van der Waals surface area contributed by atoms with E-state index >= 15 is 0 Å². The van der Waals surface area contributed by atoms with Gasteiger partial charge in [-0.3, -0.25) is 0 Å². The summed E-state index contributed by atoms with van der Waals surface area (Å²) in [6.45, 7) is 13.7. The van der Waals surface area contributed by atoms with Crippen LogP contribution in [0, 0.1) is 18.2 Å². The number of rotatable bonds is 4. The lowest BCUT2D eigenvalue weighted by atomic mass is 9.82. The molecule has 2 rings (SSSR count). The molecule has 0 aromatic heterocycles. The Labute approximate surface area is 128 Å². The van der Waals surface area contributed by atoms with E-state index in [0.29, 0.717) is 5.41 Å². The van der Waals surface area contributed by atoms with Gasteiger partial charge in [-0.25, -0.2) is 4.39 Å². The fraction of sp³-hybridized carbons (Fsp3) is 0.667. The second kappa shape index (κ2) is 6.35. The molecule has 1 unspecified atom stereocenters. The van der Waals surface area contributed by atoms with Crippen molar-refractivity contribution < 1.29 is 4.39 Å². The number of hydrogen-bond acceptors (Lipinski definition) is 2. The van der Waals surface area contributed by atoms with Crippen molar-refractivity contribution in [3.8, 4) is 0 Å². The van der Waals surface area contributed by atoms with Gasteiger partial charge in [0.05, 0.1) is 0 Å². The predicted molar refractivity (Wildman–Crippen MR) is 88.5 cm³/mol. The Morgan fingerprint density at radius 1 is 1.29 bits per heavy atom.